The van der Waals surface area contributed by atoms with E-state index in [0.29, 0.717) is 33.2 Å². The molecule has 0 saturated heterocycles. The quantitative estimate of drug-likeness (QED) is 0.417. The van der Waals surface area contributed by atoms with Crippen LogP contribution in [0.5, 0.6) is 0 Å². The third-order valence-corrected chi connectivity index (χ3v) is 7.36. The number of fused-ring (bicyclic) bond motifs is 1. The van der Waals surface area contributed by atoms with Crippen molar-refractivity contribution in [2.45, 2.75) is 18.4 Å². The Morgan fingerprint density at radius 3 is 2.53 bits per heavy atom. The number of amides is 1. The summed E-state index contributed by atoms with van der Waals surface area (Å²) >= 11 is 7.20. The molecule has 4 rings (SSSR count). The molecule has 0 atom stereocenters. The fourth-order valence-electron chi connectivity index (χ4n) is 3.24. The fraction of sp³-hybridized carbons (Fsp3) is 0.0909. The van der Waals surface area contributed by atoms with Crippen molar-refractivity contribution in [1.29, 1.82) is 0 Å². The Labute approximate surface area is 193 Å². The van der Waals surface area contributed by atoms with Crippen molar-refractivity contribution >= 4 is 60.5 Å². The van der Waals surface area contributed by atoms with Crippen LogP contribution in [0.15, 0.2) is 76.4 Å². The lowest BCUT2D eigenvalue weighted by atomic mass is 10.2. The summed E-state index contributed by atoms with van der Waals surface area (Å²) in [6.45, 7) is 1.66. The normalized spacial score (nSPS) is 11.4. The van der Waals surface area contributed by atoms with Crippen molar-refractivity contribution < 1.29 is 13.2 Å². The van der Waals surface area contributed by atoms with Gasteiger partial charge in [0.25, 0.3) is 10.0 Å². The predicted octanol–water partition coefficient (Wildman–Crippen LogP) is 4.52. The van der Waals surface area contributed by atoms with Gasteiger partial charge in [-0.3, -0.25) is 18.9 Å². The minimum Gasteiger partial charge on any atom is -0.326 e. The number of halogens is 1. The van der Waals surface area contributed by atoms with Gasteiger partial charge < -0.3 is 5.32 Å². The van der Waals surface area contributed by atoms with Crippen molar-refractivity contribution in [3.8, 4) is 0 Å². The van der Waals surface area contributed by atoms with Crippen LogP contribution in [0.4, 0.5) is 11.4 Å². The van der Waals surface area contributed by atoms with Crippen LogP contribution in [0.1, 0.15) is 12.5 Å². The molecular formula is C22H18ClN3O4S2. The third-order valence-electron chi connectivity index (χ3n) is 4.67. The van der Waals surface area contributed by atoms with Gasteiger partial charge in [-0.05, 0) is 48.0 Å². The Kier molecular flexibility index (Phi) is 6.05. The summed E-state index contributed by atoms with van der Waals surface area (Å²) in [6, 6.07) is 18.2. The lowest BCUT2D eigenvalue weighted by molar-refractivity contribution is -0.114. The van der Waals surface area contributed by atoms with Crippen LogP contribution in [-0.4, -0.2) is 18.9 Å². The fourth-order valence-corrected chi connectivity index (χ4v) is 5.51. The number of aromatic nitrogens is 1. The SMILES string of the molecule is CC(=O)Nc1cccc(NS(=O)(=O)c2ccc3c(c2)sc(=O)n3Cc2ccccc2Cl)c1. The van der Waals surface area contributed by atoms with E-state index in [1.807, 2.05) is 18.2 Å². The zero-order chi connectivity index (χ0) is 22.9. The second-order valence-corrected chi connectivity index (χ2v) is 10.1. The van der Waals surface area contributed by atoms with Crippen LogP contribution in [0.25, 0.3) is 10.2 Å². The first-order chi connectivity index (χ1) is 15.2. The second kappa shape index (κ2) is 8.78. The van der Waals surface area contributed by atoms with Crippen molar-refractivity contribution in [3.63, 3.8) is 0 Å². The molecule has 1 aromatic heterocycles. The number of hydrogen-bond donors (Lipinski definition) is 2. The molecule has 0 saturated carbocycles. The van der Waals surface area contributed by atoms with Crippen molar-refractivity contribution in [2.24, 2.45) is 0 Å². The standard InChI is InChI=1S/C22H18ClN3O4S2/c1-14(27)24-16-6-4-7-17(11-16)25-32(29,30)18-9-10-20-21(12-18)31-22(28)26(20)13-15-5-2-3-8-19(15)23/h2-12,25H,13H2,1H3,(H,24,27). The zero-order valence-corrected chi connectivity index (χ0v) is 19.2. The number of carbonyl (C=O) groups excluding carboxylic acids is 1. The number of anilines is 2. The van der Waals surface area contributed by atoms with Gasteiger partial charge in [-0.15, -0.1) is 0 Å². The lowest BCUT2D eigenvalue weighted by Gasteiger charge is -2.10. The van der Waals surface area contributed by atoms with Gasteiger partial charge in [-0.2, -0.15) is 0 Å². The largest absolute Gasteiger partial charge is 0.326 e. The maximum absolute atomic E-state index is 12.9. The molecule has 0 radical (unpaired) electrons. The number of nitrogens with zero attached hydrogens (tertiary/aromatic N) is 1. The predicted molar refractivity (Wildman–Crippen MR) is 128 cm³/mol. The Morgan fingerprint density at radius 1 is 1.03 bits per heavy atom. The smallest absolute Gasteiger partial charge is 0.308 e. The van der Waals surface area contributed by atoms with E-state index in [-0.39, 0.29) is 15.7 Å². The van der Waals surface area contributed by atoms with Crippen LogP contribution in [-0.2, 0) is 21.4 Å². The molecule has 10 heteroatoms. The molecule has 0 unspecified atom stereocenters. The summed E-state index contributed by atoms with van der Waals surface area (Å²) in [4.78, 5) is 23.6. The number of thiazole rings is 1. The van der Waals surface area contributed by atoms with E-state index in [1.165, 1.54) is 25.1 Å². The Balaban J connectivity index is 1.65. The molecule has 0 aliphatic carbocycles. The first-order valence-corrected chi connectivity index (χ1v) is 12.2. The summed E-state index contributed by atoms with van der Waals surface area (Å²) < 4.78 is 30.4. The molecule has 0 spiro atoms. The van der Waals surface area contributed by atoms with Gasteiger partial charge in [0.15, 0.2) is 0 Å². The molecule has 4 aromatic rings. The molecule has 0 aliphatic rings. The summed E-state index contributed by atoms with van der Waals surface area (Å²) in [5, 5.41) is 3.17. The first-order valence-electron chi connectivity index (χ1n) is 9.50. The van der Waals surface area contributed by atoms with Gasteiger partial charge in [0.05, 0.1) is 27.3 Å². The number of carbonyl (C=O) groups is 1. The molecule has 164 valence electrons. The molecule has 0 bridgehead atoms. The van der Waals surface area contributed by atoms with E-state index in [0.717, 1.165) is 16.9 Å². The number of rotatable bonds is 6. The molecular weight excluding hydrogens is 470 g/mol. The van der Waals surface area contributed by atoms with E-state index >= 15 is 0 Å². The highest BCUT2D eigenvalue weighted by Gasteiger charge is 2.18. The summed E-state index contributed by atoms with van der Waals surface area (Å²) in [5.74, 6) is -0.258. The second-order valence-electron chi connectivity index (χ2n) is 7.04. The Morgan fingerprint density at radius 2 is 1.78 bits per heavy atom. The van der Waals surface area contributed by atoms with Gasteiger partial charge in [0, 0.05) is 17.6 Å². The summed E-state index contributed by atoms with van der Waals surface area (Å²) in [7, 11) is -3.91. The number of sulfonamides is 1. The third kappa shape index (κ3) is 4.69. The molecule has 7 nitrogen and oxygen atoms in total. The summed E-state index contributed by atoms with van der Waals surface area (Å²) in [6.07, 6.45) is 0. The van der Waals surface area contributed by atoms with Crippen molar-refractivity contribution in [3.05, 3.63) is 87.0 Å². The highest BCUT2D eigenvalue weighted by Crippen LogP contribution is 2.26. The van der Waals surface area contributed by atoms with E-state index in [9.17, 15) is 18.0 Å². The van der Waals surface area contributed by atoms with Gasteiger partial charge in [-0.25, -0.2) is 8.42 Å². The minimum absolute atomic E-state index is 0.0288. The topological polar surface area (TPSA) is 97.3 Å². The average molecular weight is 488 g/mol. The molecule has 1 heterocycles. The van der Waals surface area contributed by atoms with Crippen LogP contribution < -0.4 is 14.9 Å². The van der Waals surface area contributed by atoms with Gasteiger partial charge in [-0.1, -0.05) is 47.2 Å². The maximum atomic E-state index is 12.9. The average Bonchev–Trinajstić information content (AvgIpc) is 3.03. The van der Waals surface area contributed by atoms with Gasteiger partial charge >= 0.3 is 4.87 Å². The van der Waals surface area contributed by atoms with Crippen molar-refractivity contribution in [1.82, 2.24) is 4.57 Å². The van der Waals surface area contributed by atoms with Crippen LogP contribution in [0.2, 0.25) is 5.02 Å². The molecule has 32 heavy (non-hydrogen) atoms. The van der Waals surface area contributed by atoms with E-state index in [1.54, 1.807) is 34.9 Å². The highest BCUT2D eigenvalue weighted by atomic mass is 35.5. The number of nitrogens with one attached hydrogen (secondary N) is 2. The van der Waals surface area contributed by atoms with Gasteiger partial charge in [0.2, 0.25) is 5.91 Å². The molecule has 3 aromatic carbocycles. The zero-order valence-electron chi connectivity index (χ0n) is 16.8. The Bertz CT molecular complexity index is 1490. The summed E-state index contributed by atoms with van der Waals surface area (Å²) in [5.41, 5.74) is 2.21. The maximum Gasteiger partial charge on any atom is 0.308 e. The number of hydrogen-bond acceptors (Lipinski definition) is 5. The minimum atomic E-state index is -3.91. The lowest BCUT2D eigenvalue weighted by Crippen LogP contribution is -2.14. The van der Waals surface area contributed by atoms with E-state index in [2.05, 4.69) is 10.0 Å². The van der Waals surface area contributed by atoms with Crippen LogP contribution in [0, 0.1) is 0 Å². The molecule has 0 aliphatic heterocycles. The van der Waals surface area contributed by atoms with E-state index in [4.69, 9.17) is 11.6 Å². The van der Waals surface area contributed by atoms with Crippen LogP contribution in [0.3, 0.4) is 0 Å². The first kappa shape index (κ1) is 22.1. The highest BCUT2D eigenvalue weighted by molar-refractivity contribution is 7.92. The van der Waals surface area contributed by atoms with Crippen molar-refractivity contribution in [2.75, 3.05) is 10.0 Å². The number of benzene rings is 3. The monoisotopic (exact) mass is 487 g/mol. The van der Waals surface area contributed by atoms with Gasteiger partial charge in [0.1, 0.15) is 0 Å². The van der Waals surface area contributed by atoms with E-state index < -0.39 is 10.0 Å². The molecule has 0 fully saturated rings. The molecule has 1 amide bonds. The molecule has 2 N–H and O–H groups in total. The Hall–Kier alpha value is -3.14. The van der Waals surface area contributed by atoms with Crippen LogP contribution >= 0.6 is 22.9 Å².